The average Bonchev–Trinajstić information content (AvgIpc) is 2.03. The van der Waals surface area contributed by atoms with E-state index in [9.17, 15) is 18.3 Å². The first-order valence-corrected chi connectivity index (χ1v) is 5.05. The molecule has 1 nitrogen and oxygen atoms in total. The van der Waals surface area contributed by atoms with Crippen LogP contribution < -0.4 is 0 Å². The van der Waals surface area contributed by atoms with E-state index in [0.717, 1.165) is 0 Å². The summed E-state index contributed by atoms with van der Waals surface area (Å²) >= 11 is 0. The molecule has 4 heteroatoms. The Balaban J connectivity index is 2.54. The monoisotopic (exact) mass is 210 g/mol. The van der Waals surface area contributed by atoms with Crippen molar-refractivity contribution in [3.05, 3.63) is 0 Å². The smallest absolute Gasteiger partial charge is 0.390 e. The number of rotatable bonds is 1. The van der Waals surface area contributed by atoms with Gasteiger partial charge in [-0.2, -0.15) is 13.2 Å². The molecule has 14 heavy (non-hydrogen) atoms. The molecule has 0 atom stereocenters. The Morgan fingerprint density at radius 2 is 1.64 bits per heavy atom. The molecule has 0 aromatic carbocycles. The fraction of sp³-hybridized carbons (Fsp3) is 1.00. The highest BCUT2D eigenvalue weighted by molar-refractivity contribution is 4.89. The second kappa shape index (κ2) is 3.72. The lowest BCUT2D eigenvalue weighted by molar-refractivity contribution is -0.195. The van der Waals surface area contributed by atoms with Gasteiger partial charge in [-0.25, -0.2) is 0 Å². The van der Waals surface area contributed by atoms with Crippen LogP contribution in [0, 0.1) is 11.8 Å². The summed E-state index contributed by atoms with van der Waals surface area (Å²) < 4.78 is 36.9. The van der Waals surface area contributed by atoms with Crippen LogP contribution >= 0.6 is 0 Å². The van der Waals surface area contributed by atoms with Crippen LogP contribution in [0.5, 0.6) is 0 Å². The Labute approximate surface area is 82.3 Å². The van der Waals surface area contributed by atoms with Gasteiger partial charge in [-0.1, -0.05) is 13.8 Å². The van der Waals surface area contributed by atoms with Gasteiger partial charge in [0.15, 0.2) is 0 Å². The molecule has 0 aliphatic heterocycles. The van der Waals surface area contributed by atoms with Crippen LogP contribution in [-0.4, -0.2) is 16.9 Å². The summed E-state index contributed by atoms with van der Waals surface area (Å²) in [6, 6.07) is 0. The normalized spacial score (nSPS) is 34.9. The largest absolute Gasteiger partial charge is 0.391 e. The molecule has 0 bridgehead atoms. The zero-order valence-electron chi connectivity index (χ0n) is 8.56. The van der Waals surface area contributed by atoms with Crippen LogP contribution in [0.3, 0.4) is 0 Å². The van der Waals surface area contributed by atoms with Crippen LogP contribution in [0.4, 0.5) is 13.2 Å². The Kier molecular flexibility index (Phi) is 3.14. The van der Waals surface area contributed by atoms with Crippen molar-refractivity contribution in [3.63, 3.8) is 0 Å². The summed E-state index contributed by atoms with van der Waals surface area (Å²) in [6.07, 6.45) is -3.40. The summed E-state index contributed by atoms with van der Waals surface area (Å²) in [5.74, 6) is -1.17. The molecule has 1 rings (SSSR count). The van der Waals surface area contributed by atoms with E-state index in [2.05, 4.69) is 0 Å². The summed E-state index contributed by atoms with van der Waals surface area (Å²) in [7, 11) is 0. The number of halogens is 3. The zero-order valence-corrected chi connectivity index (χ0v) is 8.56. The fourth-order valence-corrected chi connectivity index (χ4v) is 2.02. The SMILES string of the molecule is CC(C)C1(O)CCC(C(F)(F)F)CC1. The predicted octanol–water partition coefficient (Wildman–Crippen LogP) is 3.13. The van der Waals surface area contributed by atoms with Crippen molar-refractivity contribution in [2.45, 2.75) is 51.3 Å². The molecular formula is C10H17F3O. The second-order valence-electron chi connectivity index (χ2n) is 4.57. The van der Waals surface area contributed by atoms with Crippen LogP contribution in [0.15, 0.2) is 0 Å². The number of alkyl halides is 3. The highest BCUT2D eigenvalue weighted by Crippen LogP contribution is 2.43. The third kappa shape index (κ3) is 2.41. The van der Waals surface area contributed by atoms with E-state index in [1.54, 1.807) is 0 Å². The van der Waals surface area contributed by atoms with Gasteiger partial charge in [0, 0.05) is 0 Å². The van der Waals surface area contributed by atoms with Gasteiger partial charge in [-0.05, 0) is 31.6 Å². The van der Waals surface area contributed by atoms with Crippen molar-refractivity contribution in [3.8, 4) is 0 Å². The van der Waals surface area contributed by atoms with Crippen molar-refractivity contribution < 1.29 is 18.3 Å². The van der Waals surface area contributed by atoms with Crippen molar-refractivity contribution in [1.82, 2.24) is 0 Å². The van der Waals surface area contributed by atoms with Crippen molar-refractivity contribution in [2.24, 2.45) is 11.8 Å². The molecule has 1 fully saturated rings. The van der Waals surface area contributed by atoms with Crippen LogP contribution in [0.25, 0.3) is 0 Å². The van der Waals surface area contributed by atoms with Gasteiger partial charge >= 0.3 is 6.18 Å². The first kappa shape index (κ1) is 11.8. The van der Waals surface area contributed by atoms with Gasteiger partial charge < -0.3 is 5.11 Å². The maximum Gasteiger partial charge on any atom is 0.391 e. The highest BCUT2D eigenvalue weighted by Gasteiger charge is 2.45. The Morgan fingerprint density at radius 1 is 1.21 bits per heavy atom. The van der Waals surface area contributed by atoms with E-state index in [1.807, 2.05) is 13.8 Å². The molecule has 0 spiro atoms. The van der Waals surface area contributed by atoms with Crippen molar-refractivity contribution in [2.75, 3.05) is 0 Å². The second-order valence-corrected chi connectivity index (χ2v) is 4.57. The van der Waals surface area contributed by atoms with Gasteiger partial charge in [0.25, 0.3) is 0 Å². The van der Waals surface area contributed by atoms with E-state index < -0.39 is 17.7 Å². The van der Waals surface area contributed by atoms with Gasteiger partial charge in [0.1, 0.15) is 0 Å². The summed E-state index contributed by atoms with van der Waals surface area (Å²) in [6.45, 7) is 3.71. The standard InChI is InChI=1S/C10H17F3O/c1-7(2)9(14)5-3-8(4-6-9)10(11,12)13/h7-8,14H,3-6H2,1-2H3. The van der Waals surface area contributed by atoms with E-state index >= 15 is 0 Å². The predicted molar refractivity (Wildman–Crippen MR) is 47.8 cm³/mol. The fourth-order valence-electron chi connectivity index (χ4n) is 2.02. The maximum atomic E-state index is 12.3. The van der Waals surface area contributed by atoms with E-state index in [0.29, 0.717) is 0 Å². The van der Waals surface area contributed by atoms with Crippen LogP contribution in [0.2, 0.25) is 0 Å². The molecular weight excluding hydrogens is 193 g/mol. The van der Waals surface area contributed by atoms with Gasteiger partial charge in [0.05, 0.1) is 11.5 Å². The lowest BCUT2D eigenvalue weighted by Gasteiger charge is -2.39. The minimum absolute atomic E-state index is 0.0386. The molecule has 0 unspecified atom stereocenters. The lowest BCUT2D eigenvalue weighted by atomic mass is 9.73. The molecule has 1 saturated carbocycles. The summed E-state index contributed by atoms with van der Waals surface area (Å²) in [5.41, 5.74) is -0.873. The summed E-state index contributed by atoms with van der Waals surface area (Å²) in [5, 5.41) is 9.96. The average molecular weight is 210 g/mol. The van der Waals surface area contributed by atoms with Crippen molar-refractivity contribution >= 4 is 0 Å². The molecule has 1 N–H and O–H groups in total. The van der Waals surface area contributed by atoms with Crippen LogP contribution in [0.1, 0.15) is 39.5 Å². The third-order valence-electron chi connectivity index (χ3n) is 3.39. The number of hydrogen-bond donors (Lipinski definition) is 1. The van der Waals surface area contributed by atoms with E-state index in [4.69, 9.17) is 0 Å². The minimum atomic E-state index is -4.09. The Morgan fingerprint density at radius 3 is 1.93 bits per heavy atom. The van der Waals surface area contributed by atoms with Gasteiger partial charge in [-0.15, -0.1) is 0 Å². The molecule has 0 aromatic heterocycles. The first-order chi connectivity index (χ1) is 6.26. The van der Waals surface area contributed by atoms with E-state index in [-0.39, 0.29) is 31.6 Å². The molecule has 1 aliphatic rings. The zero-order chi connectivity index (χ0) is 11.0. The molecule has 84 valence electrons. The third-order valence-corrected chi connectivity index (χ3v) is 3.39. The molecule has 0 saturated heterocycles. The Bertz CT molecular complexity index is 190. The summed E-state index contributed by atoms with van der Waals surface area (Å²) in [4.78, 5) is 0. The molecule has 0 amide bonds. The van der Waals surface area contributed by atoms with E-state index in [1.165, 1.54) is 0 Å². The van der Waals surface area contributed by atoms with Crippen molar-refractivity contribution in [1.29, 1.82) is 0 Å². The van der Waals surface area contributed by atoms with Gasteiger partial charge in [0.2, 0.25) is 0 Å². The number of aliphatic hydroxyl groups is 1. The molecule has 0 heterocycles. The van der Waals surface area contributed by atoms with Crippen LogP contribution in [-0.2, 0) is 0 Å². The lowest BCUT2D eigenvalue weighted by Crippen LogP contribution is -2.41. The number of hydrogen-bond acceptors (Lipinski definition) is 1. The quantitative estimate of drug-likeness (QED) is 0.705. The highest BCUT2D eigenvalue weighted by atomic mass is 19.4. The molecule has 0 aromatic rings. The first-order valence-electron chi connectivity index (χ1n) is 5.05. The van der Waals surface area contributed by atoms with Gasteiger partial charge in [-0.3, -0.25) is 0 Å². The molecule has 0 radical (unpaired) electrons. The topological polar surface area (TPSA) is 20.2 Å². The Hall–Kier alpha value is -0.250. The molecule has 1 aliphatic carbocycles. The maximum absolute atomic E-state index is 12.3. The minimum Gasteiger partial charge on any atom is -0.390 e.